The molecule has 0 aliphatic heterocycles. The molecule has 0 atom stereocenters. The highest BCUT2D eigenvalue weighted by atomic mass is 28.5. The molecule has 0 unspecified atom stereocenters. The Morgan fingerprint density at radius 2 is 1.20 bits per heavy atom. The average molecular weight is 100 g/mol. The first-order chi connectivity index (χ1) is 2.00. The molecule has 0 saturated heterocycles. The highest BCUT2D eigenvalue weighted by Gasteiger charge is 2.29. The zero-order valence-corrected chi connectivity index (χ0v) is 3.21. The van der Waals surface area contributed by atoms with Crippen molar-refractivity contribution in [1.29, 1.82) is 0 Å². The van der Waals surface area contributed by atoms with Gasteiger partial charge >= 0.3 is 9.24 Å². The first-order valence-electron chi connectivity index (χ1n) is 0.856. The van der Waals surface area contributed by atoms with Crippen LogP contribution in [0, 0.1) is 0 Å². The van der Waals surface area contributed by atoms with Gasteiger partial charge in [-0.25, -0.2) is 12.3 Å². The highest BCUT2D eigenvalue weighted by Crippen LogP contribution is 1.94. The van der Waals surface area contributed by atoms with Crippen molar-refractivity contribution in [3.8, 4) is 0 Å². The topological polar surface area (TPSA) is 26.0 Å². The molecule has 0 heterocycles. The predicted molar refractivity (Wildman–Crippen MR) is 13.3 cm³/mol. The van der Waals surface area contributed by atoms with E-state index < -0.39 is 9.24 Å². The van der Waals surface area contributed by atoms with E-state index in [2.05, 4.69) is 5.40 Å². The van der Waals surface area contributed by atoms with Gasteiger partial charge < -0.3 is 0 Å². The fourth-order valence-corrected chi connectivity index (χ4v) is 0. The molecule has 0 saturated carbocycles. The van der Waals surface area contributed by atoms with Gasteiger partial charge in [0.15, 0.2) is 0 Å². The highest BCUT2D eigenvalue weighted by molar-refractivity contribution is 6.54. The lowest BCUT2D eigenvalue weighted by molar-refractivity contribution is 0.475. The second-order valence-electron chi connectivity index (χ2n) is 0.542. The molecule has 0 amide bonds. The third-order valence-electron chi connectivity index (χ3n) is 0. The van der Waals surface area contributed by atoms with Crippen molar-refractivity contribution < 1.29 is 12.3 Å². The van der Waals surface area contributed by atoms with Crippen LogP contribution >= 0.6 is 0 Å². The molecule has 5 heavy (non-hydrogen) atoms. The standard InChI is InChI=1S/F3H2NSi/c1-5(2,3)4/h4H2/i1-1. The van der Waals surface area contributed by atoms with E-state index in [0.717, 1.165) is 0 Å². The first-order valence-corrected chi connectivity index (χ1v) is 2.57. The summed E-state index contributed by atoms with van der Waals surface area (Å²) in [6.45, 7) is 0. The van der Waals surface area contributed by atoms with E-state index in [1.807, 2.05) is 0 Å². The minimum atomic E-state index is -5.61. The van der Waals surface area contributed by atoms with Gasteiger partial charge in [0.1, 0.15) is 0 Å². The third-order valence-corrected chi connectivity index (χ3v) is 0. The van der Waals surface area contributed by atoms with Crippen LogP contribution in [0.25, 0.3) is 0 Å². The lowest BCUT2D eigenvalue weighted by atomic mass is 13.9. The van der Waals surface area contributed by atoms with Crippen LogP contribution in [-0.2, 0) is 0 Å². The maximum Gasteiger partial charge on any atom is 0.713 e. The van der Waals surface area contributed by atoms with Crippen LogP contribution in [0.2, 0.25) is 0 Å². The van der Waals surface area contributed by atoms with Gasteiger partial charge in [-0.1, -0.05) is 0 Å². The summed E-state index contributed by atoms with van der Waals surface area (Å²) in [5.74, 6) is 0. The van der Waals surface area contributed by atoms with Crippen LogP contribution in [0.15, 0.2) is 0 Å². The molecule has 0 rings (SSSR count). The SMILES string of the molecule is N[Si](F)(F)[18F]. The van der Waals surface area contributed by atoms with Crippen molar-refractivity contribution in [2.24, 2.45) is 5.40 Å². The first kappa shape index (κ1) is 4.97. The maximum absolute atomic E-state index is 10.3. The van der Waals surface area contributed by atoms with Crippen molar-refractivity contribution in [2.45, 2.75) is 0 Å². The van der Waals surface area contributed by atoms with Crippen LogP contribution in [0.3, 0.4) is 0 Å². The Labute approximate surface area is 28.2 Å². The summed E-state index contributed by atoms with van der Waals surface area (Å²) in [7, 11) is -5.61. The Hall–Kier alpha value is -0.0331. The van der Waals surface area contributed by atoms with Crippen LogP contribution < -0.4 is 5.40 Å². The number of nitrogens with two attached hydrogens (primary N) is 1. The summed E-state index contributed by atoms with van der Waals surface area (Å²) in [5.41, 5.74) is 0. The molecule has 0 fully saturated rings. The van der Waals surface area contributed by atoms with E-state index in [9.17, 15) is 12.3 Å². The van der Waals surface area contributed by atoms with Gasteiger partial charge in [0.25, 0.3) is 0 Å². The Morgan fingerprint density at radius 3 is 1.20 bits per heavy atom. The minimum Gasteiger partial charge on any atom is -0.273 e. The van der Waals surface area contributed by atoms with Crippen LogP contribution in [0.1, 0.15) is 0 Å². The molecule has 0 aromatic carbocycles. The Kier molecular flexibility index (Phi) is 0.974. The fraction of sp³-hybridized carbons (Fsp3) is 0. The zero-order chi connectivity index (χ0) is 4.50. The second-order valence-corrected chi connectivity index (χ2v) is 1.62. The molecule has 0 aliphatic rings. The number of hydrogen-bond acceptors (Lipinski definition) is 1. The van der Waals surface area contributed by atoms with E-state index in [1.54, 1.807) is 0 Å². The van der Waals surface area contributed by atoms with Gasteiger partial charge in [0.05, 0.1) is 0 Å². The lowest BCUT2D eigenvalue weighted by Crippen LogP contribution is -2.28. The Balaban J connectivity index is 3.02. The molecule has 0 radical (unpaired) electrons. The van der Waals surface area contributed by atoms with Crippen LogP contribution in [0.4, 0.5) is 12.3 Å². The summed E-state index contributed by atoms with van der Waals surface area (Å²) >= 11 is 0. The summed E-state index contributed by atoms with van der Waals surface area (Å²) in [5, 5.41) is 3.49. The number of hydrogen-bond donors (Lipinski definition) is 1. The van der Waals surface area contributed by atoms with Crippen molar-refractivity contribution in [3.63, 3.8) is 0 Å². The Morgan fingerprint density at radius 1 is 1.20 bits per heavy atom. The van der Waals surface area contributed by atoms with Crippen LogP contribution in [0.5, 0.6) is 0 Å². The second kappa shape index (κ2) is 0.981. The number of halogens is 3. The van der Waals surface area contributed by atoms with E-state index in [1.165, 1.54) is 0 Å². The monoisotopic (exact) mass is 100.0 g/mol. The van der Waals surface area contributed by atoms with E-state index >= 15 is 0 Å². The quantitative estimate of drug-likeness (QED) is 0.343. The van der Waals surface area contributed by atoms with Gasteiger partial charge in [-0.2, -0.15) is 0 Å². The van der Waals surface area contributed by atoms with E-state index in [0.29, 0.717) is 0 Å². The molecule has 2 N–H and O–H groups in total. The molecule has 0 aromatic rings. The van der Waals surface area contributed by atoms with E-state index in [4.69, 9.17) is 0 Å². The summed E-state index contributed by atoms with van der Waals surface area (Å²) < 4.78 is 30.8. The molecule has 0 bridgehead atoms. The van der Waals surface area contributed by atoms with Crippen molar-refractivity contribution in [1.82, 2.24) is 0 Å². The smallest absolute Gasteiger partial charge is 0.273 e. The average Bonchev–Trinajstić information content (AvgIpc) is 0.722. The van der Waals surface area contributed by atoms with Gasteiger partial charge in [-0.3, -0.25) is 5.40 Å². The normalized spacial score (nSPS) is 12.0. The molecule has 0 aliphatic carbocycles. The van der Waals surface area contributed by atoms with Gasteiger partial charge in [-0.05, 0) is 0 Å². The van der Waals surface area contributed by atoms with Gasteiger partial charge in [0.2, 0.25) is 0 Å². The van der Waals surface area contributed by atoms with Crippen molar-refractivity contribution in [3.05, 3.63) is 0 Å². The summed E-state index contributed by atoms with van der Waals surface area (Å²) in [6.07, 6.45) is 0. The minimum absolute atomic E-state index is 3.49. The predicted octanol–water partition coefficient (Wildman–Crippen LogP) is 0.289. The van der Waals surface area contributed by atoms with Crippen LogP contribution in [-0.4, -0.2) is 9.24 Å². The molecular formula is H2F3NSi. The number of rotatable bonds is 0. The zero-order valence-electron chi connectivity index (χ0n) is 2.21. The molecule has 0 spiro atoms. The summed E-state index contributed by atoms with van der Waals surface area (Å²) in [4.78, 5) is 0. The van der Waals surface area contributed by atoms with Crippen molar-refractivity contribution >= 4 is 9.24 Å². The fourth-order valence-electron chi connectivity index (χ4n) is 0. The maximum atomic E-state index is 10.3. The molecule has 1 nitrogen and oxygen atoms in total. The molecule has 32 valence electrons. The largest absolute Gasteiger partial charge is 0.713 e. The van der Waals surface area contributed by atoms with Gasteiger partial charge in [0, 0.05) is 0 Å². The van der Waals surface area contributed by atoms with E-state index in [-0.39, 0.29) is 0 Å². The molecule has 5 heteroatoms. The lowest BCUT2D eigenvalue weighted by Gasteiger charge is -1.82. The Bertz CT molecular complexity index is 22.4. The molecule has 0 aromatic heterocycles. The summed E-state index contributed by atoms with van der Waals surface area (Å²) in [6, 6.07) is 0. The molecular weight excluding hydrogens is 98.1 g/mol. The van der Waals surface area contributed by atoms with Gasteiger partial charge in [-0.15, -0.1) is 0 Å². The third kappa shape index (κ3) is 14000. The van der Waals surface area contributed by atoms with Crippen molar-refractivity contribution in [2.75, 3.05) is 0 Å².